The molecule has 0 spiro atoms. The molecule has 0 atom stereocenters. The van der Waals surface area contributed by atoms with Crippen LogP contribution in [0.5, 0.6) is 5.75 Å². The van der Waals surface area contributed by atoms with Crippen molar-refractivity contribution in [1.82, 2.24) is 9.13 Å². The fourth-order valence-electron chi connectivity index (χ4n) is 4.63. The van der Waals surface area contributed by atoms with E-state index in [1.54, 1.807) is 0 Å². The van der Waals surface area contributed by atoms with E-state index >= 15 is 0 Å². The van der Waals surface area contributed by atoms with Gasteiger partial charge in [-0.25, -0.2) is 0 Å². The van der Waals surface area contributed by atoms with Crippen LogP contribution in [0.15, 0.2) is 48.7 Å². The van der Waals surface area contributed by atoms with Crippen molar-refractivity contribution < 1.29 is 14.6 Å². The lowest BCUT2D eigenvalue weighted by atomic mass is 10.0. The summed E-state index contributed by atoms with van der Waals surface area (Å²) in [4.78, 5) is 11.7. The minimum atomic E-state index is -0.847. The highest BCUT2D eigenvalue weighted by molar-refractivity contribution is 6.32. The average molecular weight is 465 g/mol. The van der Waals surface area contributed by atoms with E-state index in [1.165, 1.54) is 5.56 Å². The number of aromatic nitrogens is 2. The summed E-state index contributed by atoms with van der Waals surface area (Å²) in [7, 11) is 2.00. The summed E-state index contributed by atoms with van der Waals surface area (Å²) in [5, 5.41) is 11.5. The van der Waals surface area contributed by atoms with Crippen molar-refractivity contribution in [2.24, 2.45) is 7.05 Å². The van der Waals surface area contributed by atoms with Gasteiger partial charge in [0.25, 0.3) is 0 Å². The van der Waals surface area contributed by atoms with Crippen molar-refractivity contribution in [3.63, 3.8) is 0 Å². The molecule has 1 N–H and O–H groups in total. The summed E-state index contributed by atoms with van der Waals surface area (Å²) in [6.45, 7) is 6.48. The molecule has 2 aromatic heterocycles. The van der Waals surface area contributed by atoms with Gasteiger partial charge >= 0.3 is 5.97 Å². The zero-order valence-electron chi connectivity index (χ0n) is 19.5. The van der Waals surface area contributed by atoms with Gasteiger partial charge in [0.2, 0.25) is 0 Å². The number of nitrogens with zero attached hydrogens (tertiary/aromatic N) is 2. The van der Waals surface area contributed by atoms with Crippen LogP contribution in [0.25, 0.3) is 22.2 Å². The Bertz CT molecular complexity index is 1310. The van der Waals surface area contributed by atoms with Crippen molar-refractivity contribution in [2.75, 3.05) is 6.61 Å². The number of hydrogen-bond donors (Lipinski definition) is 1. The number of hydrogen-bond acceptors (Lipinski definition) is 2. The van der Waals surface area contributed by atoms with E-state index in [-0.39, 0.29) is 6.54 Å². The predicted octanol–water partition coefficient (Wildman–Crippen LogP) is 6.32. The molecule has 0 aliphatic carbocycles. The Hall–Kier alpha value is -3.18. The minimum Gasteiger partial charge on any atom is -0.494 e. The fraction of sp³-hybridized carbons (Fsp3) is 0.296. The first-order valence-electron chi connectivity index (χ1n) is 11.1. The number of halogens is 1. The zero-order valence-corrected chi connectivity index (χ0v) is 20.2. The Balaban J connectivity index is 1.63. The molecule has 0 bridgehead atoms. The smallest absolute Gasteiger partial charge is 0.323 e. The molecule has 0 amide bonds. The van der Waals surface area contributed by atoms with Crippen LogP contribution >= 0.6 is 11.6 Å². The lowest BCUT2D eigenvalue weighted by Gasteiger charge is -2.10. The number of benzene rings is 2. The third-order valence-electron chi connectivity index (χ3n) is 6.24. The standard InChI is InChI=1S/C27H29ClN2O3/c1-17-14-20(15-18(2)26(17)28)33-13-7-10-21-19(3)30(16-25(31)32)27-22(21)8-5-9-23(27)24-11-6-12-29(24)4/h5-6,8-9,11-12,14-15H,7,10,13,16H2,1-4H3,(H,31,32). The molecule has 0 fully saturated rings. The largest absolute Gasteiger partial charge is 0.494 e. The molecule has 2 aromatic carbocycles. The zero-order chi connectivity index (χ0) is 23.7. The van der Waals surface area contributed by atoms with Crippen LogP contribution in [0.2, 0.25) is 5.02 Å². The Morgan fingerprint density at radius 1 is 1.09 bits per heavy atom. The maximum absolute atomic E-state index is 11.7. The molecule has 0 aliphatic heterocycles. The molecule has 6 heteroatoms. The number of aryl methyl sites for hydroxylation is 4. The molecule has 2 heterocycles. The second kappa shape index (κ2) is 9.36. The third-order valence-corrected chi connectivity index (χ3v) is 6.83. The van der Waals surface area contributed by atoms with E-state index < -0.39 is 5.97 Å². The van der Waals surface area contributed by atoms with Gasteiger partial charge in [0, 0.05) is 40.6 Å². The van der Waals surface area contributed by atoms with Gasteiger partial charge in [-0.2, -0.15) is 0 Å². The predicted molar refractivity (Wildman–Crippen MR) is 133 cm³/mol. The van der Waals surface area contributed by atoms with Crippen LogP contribution in [0.1, 0.15) is 28.8 Å². The Morgan fingerprint density at radius 2 is 1.82 bits per heavy atom. The van der Waals surface area contributed by atoms with Crippen molar-refractivity contribution in [2.45, 2.75) is 40.2 Å². The number of para-hydroxylation sites is 1. The number of carboxylic acids is 1. The number of rotatable bonds is 8. The lowest BCUT2D eigenvalue weighted by Crippen LogP contribution is -2.11. The molecule has 5 nitrogen and oxygen atoms in total. The summed E-state index contributed by atoms with van der Waals surface area (Å²) in [5.41, 5.74) is 7.26. The summed E-state index contributed by atoms with van der Waals surface area (Å²) >= 11 is 6.26. The first-order chi connectivity index (χ1) is 15.8. The van der Waals surface area contributed by atoms with Gasteiger partial charge in [0.15, 0.2) is 0 Å². The van der Waals surface area contributed by atoms with Gasteiger partial charge in [-0.05, 0) is 74.6 Å². The molecule has 4 aromatic rings. The first-order valence-corrected chi connectivity index (χ1v) is 11.5. The van der Waals surface area contributed by atoms with Crippen LogP contribution in [0, 0.1) is 20.8 Å². The van der Waals surface area contributed by atoms with Gasteiger partial charge in [-0.1, -0.05) is 29.8 Å². The molecular weight excluding hydrogens is 436 g/mol. The molecule has 0 saturated carbocycles. The molecule has 172 valence electrons. The second-order valence-electron chi connectivity index (χ2n) is 8.57. The van der Waals surface area contributed by atoms with E-state index in [0.29, 0.717) is 6.61 Å². The molecule has 0 saturated heterocycles. The highest BCUT2D eigenvalue weighted by atomic mass is 35.5. The van der Waals surface area contributed by atoms with Crippen LogP contribution in [0.4, 0.5) is 0 Å². The number of fused-ring (bicyclic) bond motifs is 1. The van der Waals surface area contributed by atoms with Crippen LogP contribution in [0.3, 0.4) is 0 Å². The van der Waals surface area contributed by atoms with Crippen LogP contribution in [-0.4, -0.2) is 26.8 Å². The van der Waals surface area contributed by atoms with Gasteiger partial charge in [-0.15, -0.1) is 0 Å². The number of aliphatic carboxylic acids is 1. The van der Waals surface area contributed by atoms with Crippen molar-refractivity contribution in [1.29, 1.82) is 0 Å². The quantitative estimate of drug-likeness (QED) is 0.310. The average Bonchev–Trinajstić information content (AvgIpc) is 3.30. The number of ether oxygens (including phenoxy) is 1. The second-order valence-corrected chi connectivity index (χ2v) is 8.95. The van der Waals surface area contributed by atoms with Crippen molar-refractivity contribution in [3.05, 3.63) is 76.1 Å². The van der Waals surface area contributed by atoms with Crippen molar-refractivity contribution >= 4 is 28.5 Å². The molecular formula is C27H29ClN2O3. The summed E-state index contributed by atoms with van der Waals surface area (Å²) in [5.74, 6) is -0.0227. The van der Waals surface area contributed by atoms with Gasteiger partial charge in [0.05, 0.1) is 12.1 Å². The van der Waals surface area contributed by atoms with E-state index in [4.69, 9.17) is 16.3 Å². The molecule has 0 radical (unpaired) electrons. The van der Waals surface area contributed by atoms with E-state index in [9.17, 15) is 9.90 Å². The SMILES string of the molecule is Cc1cc(OCCCc2c(C)n(CC(=O)O)c3c(-c4cccn4C)cccc23)cc(C)c1Cl. The maximum atomic E-state index is 11.7. The van der Waals surface area contributed by atoms with Gasteiger partial charge < -0.3 is 19.0 Å². The summed E-state index contributed by atoms with van der Waals surface area (Å²) in [6, 6.07) is 14.2. The fourth-order valence-corrected chi connectivity index (χ4v) is 4.74. The highest BCUT2D eigenvalue weighted by Gasteiger charge is 2.19. The van der Waals surface area contributed by atoms with Crippen molar-refractivity contribution in [3.8, 4) is 17.0 Å². The topological polar surface area (TPSA) is 56.4 Å². The molecule has 33 heavy (non-hydrogen) atoms. The third kappa shape index (κ3) is 4.51. The molecule has 0 unspecified atom stereocenters. The van der Waals surface area contributed by atoms with Crippen LogP contribution < -0.4 is 4.74 Å². The number of carboxylic acid groups (broad SMARTS) is 1. The van der Waals surface area contributed by atoms with Gasteiger partial charge in [-0.3, -0.25) is 4.79 Å². The minimum absolute atomic E-state index is 0.0659. The van der Waals surface area contributed by atoms with E-state index in [0.717, 1.165) is 62.6 Å². The monoisotopic (exact) mass is 464 g/mol. The highest BCUT2D eigenvalue weighted by Crippen LogP contribution is 2.35. The summed E-state index contributed by atoms with van der Waals surface area (Å²) in [6.07, 6.45) is 3.63. The normalized spacial score (nSPS) is 11.3. The first kappa shape index (κ1) is 23.0. The van der Waals surface area contributed by atoms with E-state index in [2.05, 4.69) is 28.8 Å². The Labute approximate surface area is 199 Å². The Kier molecular flexibility index (Phi) is 6.52. The van der Waals surface area contributed by atoms with Gasteiger partial charge in [0.1, 0.15) is 12.3 Å². The maximum Gasteiger partial charge on any atom is 0.323 e. The Morgan fingerprint density at radius 3 is 2.45 bits per heavy atom. The van der Waals surface area contributed by atoms with E-state index in [1.807, 2.05) is 56.8 Å². The molecule has 0 aliphatic rings. The summed E-state index contributed by atoms with van der Waals surface area (Å²) < 4.78 is 10.00. The lowest BCUT2D eigenvalue weighted by molar-refractivity contribution is -0.137. The van der Waals surface area contributed by atoms with Crippen LogP contribution in [-0.2, 0) is 24.8 Å². The molecule has 4 rings (SSSR count). The number of carbonyl (C=O) groups is 1.